The molecule has 1 fully saturated rings. The van der Waals surface area contributed by atoms with Crippen molar-refractivity contribution in [1.82, 2.24) is 10.3 Å². The minimum absolute atomic E-state index is 0.109. The standard InChI is InChI=1S/C12H12N4O5.CH2BNO2/c17-12(18)7-3-5-15(6-4-7)8-1-2-9(16(19)20)11-10(8)13-21-14-11;2-3-1(4)5/h1-2,7H,3-6H2,(H,17,18);2H,(H,4,5)/i;2D. The Morgan fingerprint density at radius 1 is 1.35 bits per heavy atom. The molecule has 1 aromatic carbocycles. The molecule has 0 bridgehead atoms. The van der Waals surface area contributed by atoms with E-state index >= 15 is 0 Å². The third kappa shape index (κ3) is 4.17. The number of rotatable bonds is 3. The topological polar surface area (TPSA) is 172 Å². The zero-order chi connectivity index (χ0) is 20.0. The Bertz CT molecular complexity index is 881. The first-order chi connectivity index (χ1) is 12.8. The number of nitro groups is 1. The summed E-state index contributed by atoms with van der Waals surface area (Å²) in [6, 6.07) is 2.97. The van der Waals surface area contributed by atoms with Crippen molar-refractivity contribution in [3.8, 4) is 0 Å². The van der Waals surface area contributed by atoms with Crippen LogP contribution in [0.4, 0.5) is 16.2 Å². The number of fused-ring (bicyclic) bond motifs is 1. The number of hydrogen-bond donors (Lipinski definition) is 2. The summed E-state index contributed by atoms with van der Waals surface area (Å²) in [5.74, 6) is -1.13. The van der Waals surface area contributed by atoms with Gasteiger partial charge in [-0.1, -0.05) is 0 Å². The van der Waals surface area contributed by atoms with E-state index in [0.717, 1.165) is 0 Å². The van der Waals surface area contributed by atoms with E-state index in [4.69, 9.17) is 11.5 Å². The van der Waals surface area contributed by atoms with Gasteiger partial charge in [0.1, 0.15) is 0 Å². The molecule has 1 aliphatic rings. The molecule has 0 unspecified atom stereocenters. The maximum atomic E-state index is 11.0. The van der Waals surface area contributed by atoms with Gasteiger partial charge in [-0.15, -0.1) is 0 Å². The molecule has 0 atom stereocenters. The average molecular weight is 364 g/mol. The molecule has 1 amide bonds. The SMILES string of the molecule is O=C(O)C1CCN(c2ccc([N+](=O)[O-])c3nonc23)CC1.[2H]B=NC(=O)O. The number of carbonyl (C=O) groups is 2. The molecule has 136 valence electrons. The van der Waals surface area contributed by atoms with Gasteiger partial charge in [0.25, 0.3) is 0 Å². The molecule has 13 heteroatoms. The van der Waals surface area contributed by atoms with E-state index < -0.39 is 17.0 Å². The number of carboxylic acids is 1. The van der Waals surface area contributed by atoms with Crippen LogP contribution >= 0.6 is 0 Å². The first-order valence-electron chi connectivity index (χ1n) is 7.94. The van der Waals surface area contributed by atoms with Gasteiger partial charge in [0, 0.05) is 19.2 Å². The van der Waals surface area contributed by atoms with Gasteiger partial charge in [-0.3, -0.25) is 14.9 Å². The fourth-order valence-corrected chi connectivity index (χ4v) is 2.61. The van der Waals surface area contributed by atoms with Crippen molar-refractivity contribution in [2.75, 3.05) is 18.0 Å². The van der Waals surface area contributed by atoms with Crippen LogP contribution in [0.5, 0.6) is 0 Å². The first kappa shape index (κ1) is 17.4. The van der Waals surface area contributed by atoms with Gasteiger partial charge in [0.2, 0.25) is 5.52 Å². The number of carboxylic acid groups (broad SMARTS) is 2. The summed E-state index contributed by atoms with van der Waals surface area (Å²) in [6.45, 7) is 1.10. The van der Waals surface area contributed by atoms with Gasteiger partial charge in [0.05, 0.1) is 16.5 Å². The second kappa shape index (κ2) is 8.14. The molecule has 26 heavy (non-hydrogen) atoms. The van der Waals surface area contributed by atoms with Crippen LogP contribution in [-0.2, 0) is 4.79 Å². The van der Waals surface area contributed by atoms with E-state index in [1.54, 1.807) is 6.07 Å². The fourth-order valence-electron chi connectivity index (χ4n) is 2.61. The molecule has 2 heterocycles. The van der Waals surface area contributed by atoms with Crippen LogP contribution < -0.4 is 4.90 Å². The summed E-state index contributed by atoms with van der Waals surface area (Å²) in [5.41, 5.74) is 0.965. The number of benzene rings is 1. The Kier molecular flexibility index (Phi) is 5.46. The van der Waals surface area contributed by atoms with E-state index in [2.05, 4.69) is 19.8 Å². The number of amides is 1. The zero-order valence-electron chi connectivity index (χ0n) is 14.3. The molecule has 1 aromatic heterocycles. The summed E-state index contributed by atoms with van der Waals surface area (Å²) in [7, 11) is 0.475. The van der Waals surface area contributed by atoms with Crippen molar-refractivity contribution >= 4 is 42.1 Å². The first-order valence-corrected chi connectivity index (χ1v) is 7.36. The minimum atomic E-state index is -1.33. The Labute approximate surface area is 148 Å². The molecular formula is C13H14BN5O7. The van der Waals surface area contributed by atoms with Gasteiger partial charge >= 0.3 is 41.5 Å². The van der Waals surface area contributed by atoms with Crippen LogP contribution in [0.15, 0.2) is 21.7 Å². The molecule has 3 rings (SSSR count). The van der Waals surface area contributed by atoms with Crippen molar-refractivity contribution in [2.45, 2.75) is 12.8 Å². The van der Waals surface area contributed by atoms with Crippen molar-refractivity contribution in [3.63, 3.8) is 0 Å². The summed E-state index contributed by atoms with van der Waals surface area (Å²) >= 11 is 0. The van der Waals surface area contributed by atoms with Gasteiger partial charge < -0.3 is 10.0 Å². The normalized spacial score (nSPS) is 15.1. The molecule has 0 saturated carbocycles. The molecule has 1 saturated heterocycles. The molecular weight excluding hydrogens is 349 g/mol. The van der Waals surface area contributed by atoms with Crippen LogP contribution in [0.25, 0.3) is 11.0 Å². The van der Waals surface area contributed by atoms with Gasteiger partial charge in [-0.25, -0.2) is 4.63 Å². The Morgan fingerprint density at radius 2 is 2.00 bits per heavy atom. The predicted molar refractivity (Wildman–Crippen MR) is 88.6 cm³/mol. The monoisotopic (exact) mass is 364 g/mol. The van der Waals surface area contributed by atoms with Crippen molar-refractivity contribution < 1.29 is 29.4 Å². The Hall–Kier alpha value is -3.38. The number of aliphatic carboxylic acids is 1. The number of hydrogen-bond acceptors (Lipinski definition) is 8. The summed E-state index contributed by atoms with van der Waals surface area (Å²) in [6.07, 6.45) is -0.275. The summed E-state index contributed by atoms with van der Waals surface area (Å²) < 4.78 is 10.7. The number of anilines is 1. The van der Waals surface area contributed by atoms with Gasteiger partial charge in [-0.05, 0) is 29.2 Å². The second-order valence-electron chi connectivity index (χ2n) is 5.33. The Balaban J connectivity index is 0.000000380. The molecule has 0 radical (unpaired) electrons. The van der Waals surface area contributed by atoms with E-state index in [1.165, 1.54) is 6.07 Å². The van der Waals surface area contributed by atoms with Crippen molar-refractivity contribution in [1.29, 1.82) is 1.34 Å². The molecule has 12 nitrogen and oxygen atoms in total. The van der Waals surface area contributed by atoms with E-state index in [1.807, 2.05) is 4.90 Å². The third-order valence-electron chi connectivity index (χ3n) is 3.86. The van der Waals surface area contributed by atoms with Crippen LogP contribution in [0.1, 0.15) is 12.8 Å². The summed E-state index contributed by atoms with van der Waals surface area (Å²) in [5, 5.41) is 34.9. The molecule has 1 aliphatic heterocycles. The van der Waals surface area contributed by atoms with E-state index in [-0.39, 0.29) is 17.1 Å². The van der Waals surface area contributed by atoms with Crippen LogP contribution in [0.2, 0.25) is 0 Å². The average Bonchev–Trinajstić information content (AvgIpc) is 3.11. The molecule has 2 N–H and O–H groups in total. The summed E-state index contributed by atoms with van der Waals surface area (Å²) in [4.78, 5) is 35.2. The third-order valence-corrected chi connectivity index (χ3v) is 3.86. The van der Waals surface area contributed by atoms with E-state index in [0.29, 0.717) is 44.7 Å². The van der Waals surface area contributed by atoms with E-state index in [9.17, 15) is 19.7 Å². The number of aromatic nitrogens is 2. The second-order valence-corrected chi connectivity index (χ2v) is 5.33. The number of nitrogens with zero attached hydrogens (tertiary/aromatic N) is 5. The van der Waals surface area contributed by atoms with Crippen LogP contribution in [0, 0.1) is 16.0 Å². The maximum absolute atomic E-state index is 11.0. The quantitative estimate of drug-likeness (QED) is 0.457. The number of piperidine rings is 1. The Morgan fingerprint density at radius 3 is 2.50 bits per heavy atom. The zero-order valence-corrected chi connectivity index (χ0v) is 13.3. The van der Waals surface area contributed by atoms with Crippen molar-refractivity contribution in [3.05, 3.63) is 22.2 Å². The molecule has 0 spiro atoms. The van der Waals surface area contributed by atoms with Crippen LogP contribution in [0.3, 0.4) is 0 Å². The van der Waals surface area contributed by atoms with Gasteiger partial charge in [0.15, 0.2) is 5.52 Å². The van der Waals surface area contributed by atoms with Crippen molar-refractivity contribution in [2.24, 2.45) is 10.8 Å². The fraction of sp³-hybridized carbons (Fsp3) is 0.385. The number of nitro benzene ring substituents is 1. The van der Waals surface area contributed by atoms with Gasteiger partial charge in [-0.2, -0.15) is 0 Å². The number of non-ortho nitro benzene ring substituents is 1. The van der Waals surface area contributed by atoms with Crippen LogP contribution in [-0.4, -0.2) is 59.5 Å². The molecule has 2 aromatic rings. The molecule has 0 aliphatic carbocycles. The predicted octanol–water partition coefficient (Wildman–Crippen LogP) is 1.18.